The summed E-state index contributed by atoms with van der Waals surface area (Å²) in [4.78, 5) is 3.59. The first kappa shape index (κ1) is 20.2. The Morgan fingerprint density at radius 2 is 1.57 bits per heavy atom. The molecule has 1 aromatic heterocycles. The van der Waals surface area contributed by atoms with Crippen LogP contribution in [0.5, 0.6) is 0 Å². The van der Waals surface area contributed by atoms with Crippen LogP contribution in [0.25, 0.3) is 0 Å². The standard InChI is InChI=1S/C14H13F3N2.B.Na/c15-14(16,17)13-8-4-7-12(19-13)10-18-9-11-5-2-1-3-6-11;;/h1-8,18H,9-10H2;;/q;-1;+1. The molecule has 0 aliphatic rings. The zero-order chi connectivity index (χ0) is 13.7. The van der Waals surface area contributed by atoms with Crippen LogP contribution in [0, 0.1) is 0 Å². The van der Waals surface area contributed by atoms with Crippen molar-refractivity contribution in [2.24, 2.45) is 0 Å². The van der Waals surface area contributed by atoms with Crippen LogP contribution in [0.4, 0.5) is 13.2 Å². The van der Waals surface area contributed by atoms with Gasteiger partial charge in [0.25, 0.3) is 0 Å². The molecule has 0 unspecified atom stereocenters. The third-order valence-electron chi connectivity index (χ3n) is 2.58. The summed E-state index contributed by atoms with van der Waals surface area (Å²) in [5, 5.41) is 3.07. The summed E-state index contributed by atoms with van der Waals surface area (Å²) in [6.07, 6.45) is -4.39. The van der Waals surface area contributed by atoms with Crippen molar-refractivity contribution in [3.63, 3.8) is 0 Å². The third-order valence-corrected chi connectivity index (χ3v) is 2.58. The van der Waals surface area contributed by atoms with Crippen LogP contribution in [0.15, 0.2) is 48.5 Å². The predicted octanol–water partition coefficient (Wildman–Crippen LogP) is 0.0134. The van der Waals surface area contributed by atoms with Crippen molar-refractivity contribution in [3.8, 4) is 0 Å². The number of nitrogens with zero attached hydrogens (tertiary/aromatic N) is 1. The molecule has 0 amide bonds. The molecule has 0 bridgehead atoms. The number of halogens is 3. The van der Waals surface area contributed by atoms with Gasteiger partial charge < -0.3 is 13.7 Å². The maximum Gasteiger partial charge on any atom is 1.00 e. The van der Waals surface area contributed by atoms with E-state index in [0.29, 0.717) is 18.8 Å². The van der Waals surface area contributed by atoms with Gasteiger partial charge in [-0.05, 0) is 17.7 Å². The maximum absolute atomic E-state index is 12.5. The second-order valence-corrected chi connectivity index (χ2v) is 4.10. The van der Waals surface area contributed by atoms with E-state index in [2.05, 4.69) is 10.3 Å². The van der Waals surface area contributed by atoms with Crippen LogP contribution in [0.2, 0.25) is 0 Å². The van der Waals surface area contributed by atoms with Crippen molar-refractivity contribution in [2.75, 3.05) is 0 Å². The summed E-state index contributed by atoms with van der Waals surface area (Å²) in [6.45, 7) is 0.900. The van der Waals surface area contributed by atoms with E-state index >= 15 is 0 Å². The van der Waals surface area contributed by atoms with E-state index in [1.165, 1.54) is 6.07 Å². The molecule has 2 nitrogen and oxygen atoms in total. The fourth-order valence-corrected chi connectivity index (χ4v) is 1.67. The van der Waals surface area contributed by atoms with E-state index < -0.39 is 11.9 Å². The summed E-state index contributed by atoms with van der Waals surface area (Å²) in [6, 6.07) is 13.6. The Labute approximate surface area is 146 Å². The van der Waals surface area contributed by atoms with E-state index in [1.54, 1.807) is 6.07 Å². The number of pyridine rings is 1. The van der Waals surface area contributed by atoms with Crippen LogP contribution in [0.1, 0.15) is 17.0 Å². The molecule has 2 rings (SSSR count). The first-order chi connectivity index (χ1) is 9.05. The van der Waals surface area contributed by atoms with Crippen LogP contribution in [0.3, 0.4) is 0 Å². The second-order valence-electron chi connectivity index (χ2n) is 4.10. The number of aromatic nitrogens is 1. The summed E-state index contributed by atoms with van der Waals surface area (Å²) >= 11 is 0. The van der Waals surface area contributed by atoms with Gasteiger partial charge in [-0.2, -0.15) is 13.2 Å². The second kappa shape index (κ2) is 9.25. The number of nitrogens with one attached hydrogen (secondary N) is 1. The Morgan fingerprint density at radius 3 is 2.19 bits per heavy atom. The molecular weight excluding hydrogens is 287 g/mol. The van der Waals surface area contributed by atoms with Crippen LogP contribution in [-0.2, 0) is 19.3 Å². The van der Waals surface area contributed by atoms with Gasteiger partial charge in [-0.15, -0.1) is 0 Å². The van der Waals surface area contributed by atoms with Gasteiger partial charge in [-0.25, -0.2) is 4.98 Å². The largest absolute Gasteiger partial charge is 1.00 e. The van der Waals surface area contributed by atoms with Gasteiger partial charge in [-0.1, -0.05) is 36.4 Å². The summed E-state index contributed by atoms with van der Waals surface area (Å²) < 4.78 is 37.4. The van der Waals surface area contributed by atoms with Gasteiger partial charge in [-0.3, -0.25) is 0 Å². The molecule has 2 aromatic rings. The minimum Gasteiger partial charge on any atom is -1.00 e. The van der Waals surface area contributed by atoms with Gasteiger partial charge in [0.1, 0.15) is 5.69 Å². The molecule has 0 atom stereocenters. The first-order valence-corrected chi connectivity index (χ1v) is 5.83. The number of benzene rings is 1. The third kappa shape index (κ3) is 6.65. The SMILES string of the molecule is FC(F)(F)c1cccc(CNCc2ccccc2)n1.[B-].[Na+]. The molecule has 4 radical (unpaired) electrons. The number of rotatable bonds is 4. The molecule has 1 aromatic carbocycles. The van der Waals surface area contributed by atoms with Crippen molar-refractivity contribution in [1.82, 2.24) is 10.3 Å². The molecule has 7 heteroatoms. The topological polar surface area (TPSA) is 24.9 Å². The molecule has 104 valence electrons. The van der Waals surface area contributed by atoms with E-state index in [-0.39, 0.29) is 38.0 Å². The maximum atomic E-state index is 12.5. The molecule has 0 fully saturated rings. The van der Waals surface area contributed by atoms with Crippen LogP contribution < -0.4 is 34.9 Å². The minimum atomic E-state index is -4.39. The average molecular weight is 300 g/mol. The van der Waals surface area contributed by atoms with E-state index in [9.17, 15) is 13.2 Å². The quantitative estimate of drug-likeness (QED) is 0.805. The first-order valence-electron chi connectivity index (χ1n) is 5.83. The normalized spacial score (nSPS) is 10.4. The van der Waals surface area contributed by atoms with Gasteiger partial charge in [0.2, 0.25) is 0 Å². The summed E-state index contributed by atoms with van der Waals surface area (Å²) in [5.41, 5.74) is 0.603. The number of hydrogen-bond acceptors (Lipinski definition) is 2. The zero-order valence-electron chi connectivity index (χ0n) is 11.7. The predicted molar refractivity (Wildman–Crippen MR) is 72.0 cm³/mol. The molecule has 0 saturated heterocycles. The van der Waals surface area contributed by atoms with Crippen LogP contribution >= 0.6 is 0 Å². The number of hydrogen-bond donors (Lipinski definition) is 1. The van der Waals surface area contributed by atoms with Crippen molar-refractivity contribution >= 4 is 8.41 Å². The summed E-state index contributed by atoms with van der Waals surface area (Å²) in [5.74, 6) is 0. The molecule has 0 aliphatic heterocycles. The fourth-order valence-electron chi connectivity index (χ4n) is 1.67. The molecular formula is C14H13BF3N2Na. The summed E-state index contributed by atoms with van der Waals surface area (Å²) in [7, 11) is 0. The molecule has 1 N–H and O–H groups in total. The van der Waals surface area contributed by atoms with Gasteiger partial charge >= 0.3 is 35.7 Å². The molecule has 1 heterocycles. The smallest absolute Gasteiger partial charge is 1.00 e. The van der Waals surface area contributed by atoms with E-state index in [4.69, 9.17) is 0 Å². The fraction of sp³-hybridized carbons (Fsp3) is 0.214. The van der Waals surface area contributed by atoms with E-state index in [1.807, 2.05) is 30.3 Å². The van der Waals surface area contributed by atoms with Crippen molar-refractivity contribution in [2.45, 2.75) is 19.3 Å². The van der Waals surface area contributed by atoms with Gasteiger partial charge in [0.05, 0.1) is 5.69 Å². The van der Waals surface area contributed by atoms with Gasteiger partial charge in [0.15, 0.2) is 0 Å². The monoisotopic (exact) mass is 300 g/mol. The minimum absolute atomic E-state index is 0. The average Bonchev–Trinajstić information content (AvgIpc) is 2.39. The molecule has 0 aliphatic carbocycles. The van der Waals surface area contributed by atoms with Gasteiger partial charge in [0, 0.05) is 13.1 Å². The Bertz CT molecular complexity index is 535. The number of alkyl halides is 3. The Balaban J connectivity index is 0.00000200. The Morgan fingerprint density at radius 1 is 0.905 bits per heavy atom. The molecule has 21 heavy (non-hydrogen) atoms. The van der Waals surface area contributed by atoms with Crippen LogP contribution in [-0.4, -0.2) is 13.4 Å². The Hall–Kier alpha value is -0.815. The van der Waals surface area contributed by atoms with Crippen molar-refractivity contribution < 1.29 is 42.7 Å². The van der Waals surface area contributed by atoms with E-state index in [0.717, 1.165) is 11.6 Å². The Kier molecular flexibility index (Phi) is 8.89. The zero-order valence-corrected chi connectivity index (χ0v) is 13.7. The van der Waals surface area contributed by atoms with Crippen molar-refractivity contribution in [1.29, 1.82) is 0 Å². The molecule has 0 spiro atoms. The molecule has 0 saturated carbocycles. The van der Waals surface area contributed by atoms with Crippen molar-refractivity contribution in [3.05, 3.63) is 65.5 Å².